The second-order valence-electron chi connectivity index (χ2n) is 5.07. The summed E-state index contributed by atoms with van der Waals surface area (Å²) >= 11 is 0. The van der Waals surface area contributed by atoms with Crippen molar-refractivity contribution in [1.82, 2.24) is 0 Å². The Hall–Kier alpha value is -1.61. The lowest BCUT2D eigenvalue weighted by Gasteiger charge is -2.43. The molecular formula is C15H18O7. The van der Waals surface area contributed by atoms with E-state index >= 15 is 0 Å². The standard InChI is InChI=1S/C15H18O7/c16-8-10-12(18)13(19)14(20)15(21,22-10)11(17)7-6-9-4-2-1-3-5-9/h1-7,10,12-14,16,18-21H,8H2/b7-6+/t10-,12-,13+,14-,15-/m1/s1. The summed E-state index contributed by atoms with van der Waals surface area (Å²) in [6, 6.07) is 8.76. The molecule has 0 saturated carbocycles. The third-order valence-corrected chi connectivity index (χ3v) is 3.55. The molecule has 7 nitrogen and oxygen atoms in total. The van der Waals surface area contributed by atoms with Crippen molar-refractivity contribution in [3.05, 3.63) is 42.0 Å². The van der Waals surface area contributed by atoms with Crippen molar-refractivity contribution in [1.29, 1.82) is 0 Å². The van der Waals surface area contributed by atoms with E-state index in [2.05, 4.69) is 0 Å². The zero-order valence-corrected chi connectivity index (χ0v) is 11.6. The van der Waals surface area contributed by atoms with E-state index in [4.69, 9.17) is 9.84 Å². The molecule has 1 aliphatic heterocycles. The highest BCUT2D eigenvalue weighted by Crippen LogP contribution is 2.29. The second-order valence-corrected chi connectivity index (χ2v) is 5.07. The fourth-order valence-corrected chi connectivity index (χ4v) is 2.21. The van der Waals surface area contributed by atoms with Crippen LogP contribution in [-0.2, 0) is 9.53 Å². The summed E-state index contributed by atoms with van der Waals surface area (Å²) in [6.45, 7) is -0.733. The molecular weight excluding hydrogens is 292 g/mol. The lowest BCUT2D eigenvalue weighted by Crippen LogP contribution is -2.67. The van der Waals surface area contributed by atoms with Crippen molar-refractivity contribution < 1.29 is 35.1 Å². The molecule has 5 N–H and O–H groups in total. The first-order chi connectivity index (χ1) is 10.4. The normalized spacial score (nSPS) is 35.7. The SMILES string of the molecule is O=C(/C=C/c1ccccc1)[C@@]1(O)O[C@H](CO)[C@@H](O)[C@H](O)[C@H]1O. The number of hydrogen-bond donors (Lipinski definition) is 5. The monoisotopic (exact) mass is 310 g/mol. The van der Waals surface area contributed by atoms with Crippen LogP contribution in [0.1, 0.15) is 5.56 Å². The summed E-state index contributed by atoms with van der Waals surface area (Å²) in [5.74, 6) is -3.75. The predicted octanol–water partition coefficient (Wildman–Crippen LogP) is -1.57. The summed E-state index contributed by atoms with van der Waals surface area (Å²) < 4.78 is 4.91. The van der Waals surface area contributed by atoms with Crippen molar-refractivity contribution in [2.45, 2.75) is 30.2 Å². The van der Waals surface area contributed by atoms with Crippen LogP contribution >= 0.6 is 0 Å². The van der Waals surface area contributed by atoms with Crippen molar-refractivity contribution in [2.75, 3.05) is 6.61 Å². The van der Waals surface area contributed by atoms with Crippen LogP contribution in [0, 0.1) is 0 Å². The molecule has 0 radical (unpaired) electrons. The molecule has 0 aliphatic carbocycles. The Morgan fingerprint density at radius 2 is 1.82 bits per heavy atom. The fourth-order valence-electron chi connectivity index (χ4n) is 2.21. The van der Waals surface area contributed by atoms with Crippen LogP contribution in [0.15, 0.2) is 36.4 Å². The summed E-state index contributed by atoms with van der Waals surface area (Å²) in [4.78, 5) is 12.1. The van der Waals surface area contributed by atoms with E-state index in [0.717, 1.165) is 6.08 Å². The molecule has 5 atom stereocenters. The largest absolute Gasteiger partial charge is 0.394 e. The lowest BCUT2D eigenvalue weighted by molar-refractivity contribution is -0.329. The van der Waals surface area contributed by atoms with Crippen molar-refractivity contribution >= 4 is 11.9 Å². The van der Waals surface area contributed by atoms with Crippen LogP contribution in [0.3, 0.4) is 0 Å². The van der Waals surface area contributed by atoms with Gasteiger partial charge in [0.15, 0.2) is 0 Å². The second kappa shape index (κ2) is 6.66. The van der Waals surface area contributed by atoms with Gasteiger partial charge in [-0.15, -0.1) is 0 Å². The first-order valence-electron chi connectivity index (χ1n) is 6.73. The van der Waals surface area contributed by atoms with Gasteiger partial charge in [-0.3, -0.25) is 4.79 Å². The molecule has 2 rings (SSSR count). The van der Waals surface area contributed by atoms with Gasteiger partial charge in [0.2, 0.25) is 5.78 Å². The fraction of sp³-hybridized carbons (Fsp3) is 0.400. The molecule has 1 heterocycles. The molecule has 0 aromatic heterocycles. The van der Waals surface area contributed by atoms with E-state index in [-0.39, 0.29) is 0 Å². The summed E-state index contributed by atoms with van der Waals surface area (Å²) in [7, 11) is 0. The molecule has 1 saturated heterocycles. The zero-order chi connectivity index (χ0) is 16.3. The van der Waals surface area contributed by atoms with E-state index in [0.29, 0.717) is 5.56 Å². The number of ether oxygens (including phenoxy) is 1. The molecule has 1 aromatic carbocycles. The first-order valence-corrected chi connectivity index (χ1v) is 6.73. The zero-order valence-electron chi connectivity index (χ0n) is 11.6. The van der Waals surface area contributed by atoms with E-state index in [1.807, 2.05) is 0 Å². The van der Waals surface area contributed by atoms with Crippen LogP contribution in [-0.4, -0.2) is 68.1 Å². The maximum absolute atomic E-state index is 12.1. The smallest absolute Gasteiger partial charge is 0.260 e. The highest BCUT2D eigenvalue weighted by atomic mass is 16.7. The Morgan fingerprint density at radius 3 is 2.41 bits per heavy atom. The van der Waals surface area contributed by atoms with E-state index < -0.39 is 42.6 Å². The molecule has 0 amide bonds. The number of ketones is 1. The van der Waals surface area contributed by atoms with Crippen molar-refractivity contribution in [3.63, 3.8) is 0 Å². The van der Waals surface area contributed by atoms with Gasteiger partial charge in [0.05, 0.1) is 6.61 Å². The average molecular weight is 310 g/mol. The number of aliphatic hydroxyl groups excluding tert-OH is 4. The topological polar surface area (TPSA) is 127 Å². The van der Waals surface area contributed by atoms with Gasteiger partial charge < -0.3 is 30.3 Å². The minimum Gasteiger partial charge on any atom is -0.394 e. The number of rotatable bonds is 4. The maximum atomic E-state index is 12.1. The van der Waals surface area contributed by atoms with Crippen LogP contribution in [0.25, 0.3) is 6.08 Å². The molecule has 1 aromatic rings. The Balaban J connectivity index is 2.21. The Bertz CT molecular complexity index is 542. The molecule has 120 valence electrons. The van der Waals surface area contributed by atoms with Gasteiger partial charge in [-0.2, -0.15) is 0 Å². The highest BCUT2D eigenvalue weighted by Gasteiger charge is 2.56. The molecule has 0 unspecified atom stereocenters. The van der Waals surface area contributed by atoms with E-state index in [9.17, 15) is 25.2 Å². The van der Waals surface area contributed by atoms with Crippen LogP contribution in [0.4, 0.5) is 0 Å². The average Bonchev–Trinajstić information content (AvgIpc) is 2.55. The first kappa shape index (κ1) is 16.8. The van der Waals surface area contributed by atoms with Crippen molar-refractivity contribution in [2.24, 2.45) is 0 Å². The van der Waals surface area contributed by atoms with Gasteiger partial charge in [0.1, 0.15) is 24.4 Å². The minimum atomic E-state index is -2.74. The number of carbonyl (C=O) groups excluding carboxylic acids is 1. The van der Waals surface area contributed by atoms with E-state index in [1.54, 1.807) is 30.3 Å². The number of hydrogen-bond acceptors (Lipinski definition) is 7. The van der Waals surface area contributed by atoms with Gasteiger partial charge >= 0.3 is 0 Å². The third-order valence-electron chi connectivity index (χ3n) is 3.55. The lowest BCUT2D eigenvalue weighted by atomic mass is 9.90. The summed E-state index contributed by atoms with van der Waals surface area (Å²) in [6.07, 6.45) is -4.48. The van der Waals surface area contributed by atoms with Crippen LogP contribution < -0.4 is 0 Å². The number of aliphatic hydroxyl groups is 5. The van der Waals surface area contributed by atoms with Gasteiger partial charge in [0, 0.05) is 0 Å². The molecule has 1 aliphatic rings. The number of carbonyl (C=O) groups is 1. The minimum absolute atomic E-state index is 0.684. The Kier molecular flexibility index (Phi) is 5.07. The Morgan fingerprint density at radius 1 is 1.18 bits per heavy atom. The molecule has 0 bridgehead atoms. The van der Waals surface area contributed by atoms with E-state index in [1.165, 1.54) is 6.08 Å². The van der Waals surface area contributed by atoms with Crippen LogP contribution in [0.5, 0.6) is 0 Å². The molecule has 22 heavy (non-hydrogen) atoms. The van der Waals surface area contributed by atoms with Crippen LogP contribution in [0.2, 0.25) is 0 Å². The van der Waals surface area contributed by atoms with Gasteiger partial charge in [-0.25, -0.2) is 0 Å². The van der Waals surface area contributed by atoms with Gasteiger partial charge in [-0.1, -0.05) is 36.4 Å². The van der Waals surface area contributed by atoms with Crippen molar-refractivity contribution in [3.8, 4) is 0 Å². The highest BCUT2D eigenvalue weighted by molar-refractivity contribution is 5.99. The summed E-state index contributed by atoms with van der Waals surface area (Å²) in [5, 5.41) is 48.4. The quantitative estimate of drug-likeness (QED) is 0.425. The molecule has 7 heteroatoms. The predicted molar refractivity (Wildman–Crippen MR) is 75.4 cm³/mol. The molecule has 1 fully saturated rings. The maximum Gasteiger partial charge on any atom is 0.260 e. The molecule has 0 spiro atoms. The Labute approximate surface area is 126 Å². The summed E-state index contributed by atoms with van der Waals surface area (Å²) in [5.41, 5.74) is 0.684. The number of benzene rings is 1. The third kappa shape index (κ3) is 3.09. The van der Waals surface area contributed by atoms with Gasteiger partial charge in [0.25, 0.3) is 5.79 Å². The van der Waals surface area contributed by atoms with Gasteiger partial charge in [-0.05, 0) is 11.6 Å².